The van der Waals surface area contributed by atoms with Gasteiger partial charge in [0.25, 0.3) is 0 Å². The van der Waals surface area contributed by atoms with Crippen LogP contribution in [0.2, 0.25) is 0 Å². The highest BCUT2D eigenvalue weighted by molar-refractivity contribution is 7.58. The summed E-state index contributed by atoms with van der Waals surface area (Å²) in [5.41, 5.74) is 0.560. The van der Waals surface area contributed by atoms with Gasteiger partial charge in [0.05, 0.1) is 26.4 Å². The SMILES string of the molecule is CCOP(=O)(OCC)C(OC(=O)N1CCOCC1)=C(C)C. The summed E-state index contributed by atoms with van der Waals surface area (Å²) in [5, 5.41) is 0. The van der Waals surface area contributed by atoms with Gasteiger partial charge in [0.15, 0.2) is 0 Å². The molecule has 8 heteroatoms. The number of carbonyl (C=O) groups is 1. The van der Waals surface area contributed by atoms with Crippen LogP contribution < -0.4 is 0 Å². The minimum atomic E-state index is -3.61. The molecule has 1 amide bonds. The first-order valence-corrected chi connectivity index (χ1v) is 8.60. The molecule has 122 valence electrons. The number of hydrogen-bond acceptors (Lipinski definition) is 6. The van der Waals surface area contributed by atoms with E-state index in [0.717, 1.165) is 0 Å². The summed E-state index contributed by atoms with van der Waals surface area (Å²) in [5.74, 6) is 0. The van der Waals surface area contributed by atoms with E-state index >= 15 is 0 Å². The van der Waals surface area contributed by atoms with Crippen molar-refractivity contribution in [3.05, 3.63) is 11.1 Å². The zero-order valence-electron chi connectivity index (χ0n) is 13.1. The highest BCUT2D eigenvalue weighted by Gasteiger charge is 2.35. The number of amides is 1. The van der Waals surface area contributed by atoms with E-state index in [-0.39, 0.29) is 18.7 Å². The topological polar surface area (TPSA) is 74.3 Å². The standard InChI is InChI=1S/C13H24NO6P/c1-5-18-21(16,19-6-2)12(11(3)4)20-13(15)14-7-9-17-10-8-14/h5-10H2,1-4H3. The van der Waals surface area contributed by atoms with E-state index in [9.17, 15) is 9.36 Å². The molecule has 0 aliphatic carbocycles. The zero-order valence-corrected chi connectivity index (χ0v) is 14.0. The van der Waals surface area contributed by atoms with Gasteiger partial charge in [-0.2, -0.15) is 0 Å². The van der Waals surface area contributed by atoms with Crippen molar-refractivity contribution in [2.75, 3.05) is 39.5 Å². The maximum absolute atomic E-state index is 12.8. The van der Waals surface area contributed by atoms with Crippen LogP contribution in [0.5, 0.6) is 0 Å². The molecule has 1 saturated heterocycles. The van der Waals surface area contributed by atoms with Gasteiger partial charge in [-0.1, -0.05) is 0 Å². The Morgan fingerprint density at radius 1 is 1.14 bits per heavy atom. The Balaban J connectivity index is 2.88. The Morgan fingerprint density at radius 2 is 1.67 bits per heavy atom. The average Bonchev–Trinajstić information content (AvgIpc) is 2.45. The largest absolute Gasteiger partial charge is 0.415 e. The van der Waals surface area contributed by atoms with Gasteiger partial charge in [-0.25, -0.2) is 4.79 Å². The Bertz CT molecular complexity index is 416. The van der Waals surface area contributed by atoms with Crippen LogP contribution in [0.1, 0.15) is 27.7 Å². The van der Waals surface area contributed by atoms with E-state index in [4.69, 9.17) is 18.5 Å². The van der Waals surface area contributed by atoms with Crippen molar-refractivity contribution in [3.8, 4) is 0 Å². The number of allylic oxidation sites excluding steroid dienone is 1. The smallest absolute Gasteiger partial charge is 0.402 e. The average molecular weight is 321 g/mol. The van der Waals surface area contributed by atoms with E-state index in [1.54, 1.807) is 27.7 Å². The molecule has 1 rings (SSSR count). The van der Waals surface area contributed by atoms with Crippen molar-refractivity contribution in [2.24, 2.45) is 0 Å². The first-order chi connectivity index (χ1) is 9.94. The van der Waals surface area contributed by atoms with Crippen molar-refractivity contribution >= 4 is 13.7 Å². The Morgan fingerprint density at radius 3 is 2.10 bits per heavy atom. The summed E-state index contributed by atoms with van der Waals surface area (Å²) < 4.78 is 33.7. The lowest BCUT2D eigenvalue weighted by molar-refractivity contribution is 0.0352. The number of carbonyl (C=O) groups excluding carboxylic acids is 1. The summed E-state index contributed by atoms with van der Waals surface area (Å²) in [6, 6.07) is 0. The van der Waals surface area contributed by atoms with Gasteiger partial charge < -0.3 is 23.4 Å². The molecule has 0 aromatic rings. The molecule has 0 aromatic heterocycles. The van der Waals surface area contributed by atoms with E-state index < -0.39 is 13.7 Å². The molecule has 0 unspecified atom stereocenters. The van der Waals surface area contributed by atoms with Gasteiger partial charge in [0, 0.05) is 13.1 Å². The third-order valence-electron chi connectivity index (χ3n) is 2.73. The summed E-state index contributed by atoms with van der Waals surface area (Å²) in [6.07, 6.45) is -0.561. The van der Waals surface area contributed by atoms with Gasteiger partial charge in [-0.05, 0) is 33.3 Å². The third kappa shape index (κ3) is 5.11. The van der Waals surface area contributed by atoms with Crippen molar-refractivity contribution in [1.29, 1.82) is 0 Å². The molecule has 7 nitrogen and oxygen atoms in total. The van der Waals surface area contributed by atoms with E-state index in [2.05, 4.69) is 0 Å². The quantitative estimate of drug-likeness (QED) is 0.553. The van der Waals surface area contributed by atoms with Crippen LogP contribution in [0, 0.1) is 0 Å². The van der Waals surface area contributed by atoms with Gasteiger partial charge in [0.1, 0.15) is 0 Å². The van der Waals surface area contributed by atoms with Crippen LogP contribution in [0.15, 0.2) is 11.1 Å². The molecule has 21 heavy (non-hydrogen) atoms. The fourth-order valence-electron chi connectivity index (χ4n) is 1.82. The fraction of sp³-hybridized carbons (Fsp3) is 0.769. The van der Waals surface area contributed by atoms with Crippen LogP contribution in [0.4, 0.5) is 4.79 Å². The van der Waals surface area contributed by atoms with Crippen LogP contribution in [-0.4, -0.2) is 50.5 Å². The van der Waals surface area contributed by atoms with Gasteiger partial charge in [-0.3, -0.25) is 4.57 Å². The number of nitrogens with zero attached hydrogens (tertiary/aromatic N) is 1. The lowest BCUT2D eigenvalue weighted by Crippen LogP contribution is -2.41. The lowest BCUT2D eigenvalue weighted by atomic mass is 10.4. The van der Waals surface area contributed by atoms with Crippen LogP contribution in [0.3, 0.4) is 0 Å². The second kappa shape index (κ2) is 8.54. The number of morpholine rings is 1. The summed E-state index contributed by atoms with van der Waals surface area (Å²) >= 11 is 0. The Kier molecular flexibility index (Phi) is 7.39. The molecule has 1 aliphatic rings. The van der Waals surface area contributed by atoms with Gasteiger partial charge in [0.2, 0.25) is 5.50 Å². The van der Waals surface area contributed by atoms with E-state index in [1.807, 2.05) is 0 Å². The molecule has 1 fully saturated rings. The monoisotopic (exact) mass is 321 g/mol. The molecule has 0 aromatic carbocycles. The molecule has 0 N–H and O–H groups in total. The van der Waals surface area contributed by atoms with Crippen molar-refractivity contribution < 1.29 is 27.9 Å². The van der Waals surface area contributed by atoms with E-state index in [1.165, 1.54) is 4.90 Å². The molecule has 0 spiro atoms. The van der Waals surface area contributed by atoms with Gasteiger partial charge in [-0.15, -0.1) is 0 Å². The summed E-state index contributed by atoms with van der Waals surface area (Å²) in [4.78, 5) is 13.7. The predicted octanol–water partition coefficient (Wildman–Crippen LogP) is 2.97. The third-order valence-corrected chi connectivity index (χ3v) is 4.96. The number of ether oxygens (including phenoxy) is 2. The highest BCUT2D eigenvalue weighted by Crippen LogP contribution is 2.57. The van der Waals surface area contributed by atoms with Crippen LogP contribution in [0.25, 0.3) is 0 Å². The molecule has 1 aliphatic heterocycles. The molecular formula is C13H24NO6P. The Labute approximate surface area is 125 Å². The van der Waals surface area contributed by atoms with Crippen molar-refractivity contribution in [3.63, 3.8) is 0 Å². The normalized spacial score (nSPS) is 15.7. The summed E-state index contributed by atoms with van der Waals surface area (Å²) in [7, 11) is -3.61. The van der Waals surface area contributed by atoms with Crippen molar-refractivity contribution in [2.45, 2.75) is 27.7 Å². The fourth-order valence-corrected chi connectivity index (χ4v) is 3.55. The number of hydrogen-bond donors (Lipinski definition) is 0. The lowest BCUT2D eigenvalue weighted by Gasteiger charge is -2.28. The van der Waals surface area contributed by atoms with Crippen LogP contribution in [-0.2, 0) is 23.1 Å². The molecule has 0 saturated carbocycles. The highest BCUT2D eigenvalue weighted by atomic mass is 31.2. The second-order valence-corrected chi connectivity index (χ2v) is 6.52. The summed E-state index contributed by atoms with van der Waals surface area (Å²) in [6.45, 7) is 9.04. The minimum Gasteiger partial charge on any atom is -0.402 e. The number of rotatable bonds is 6. The molecule has 0 radical (unpaired) electrons. The Hall–Kier alpha value is -0.880. The first-order valence-electron chi connectivity index (χ1n) is 7.06. The molecule has 0 bridgehead atoms. The van der Waals surface area contributed by atoms with Crippen molar-refractivity contribution in [1.82, 2.24) is 4.90 Å². The molecule has 0 atom stereocenters. The minimum absolute atomic E-state index is 0.0253. The first kappa shape index (κ1) is 18.2. The zero-order chi connectivity index (χ0) is 15.9. The molecule has 1 heterocycles. The maximum Gasteiger partial charge on any atom is 0.415 e. The maximum atomic E-state index is 12.8. The second-order valence-electron chi connectivity index (χ2n) is 4.61. The molecular weight excluding hydrogens is 297 g/mol. The van der Waals surface area contributed by atoms with Gasteiger partial charge >= 0.3 is 13.7 Å². The van der Waals surface area contributed by atoms with Crippen LogP contribution >= 0.6 is 7.60 Å². The van der Waals surface area contributed by atoms with E-state index in [0.29, 0.717) is 31.9 Å². The predicted molar refractivity (Wildman–Crippen MR) is 78.1 cm³/mol.